The highest BCUT2D eigenvalue weighted by Gasteiger charge is 2.35. The Morgan fingerprint density at radius 3 is 2.48 bits per heavy atom. The number of nitrogens with one attached hydrogen (secondary N) is 3. The fourth-order valence-electron chi connectivity index (χ4n) is 3.10. The third-order valence-corrected chi connectivity index (χ3v) is 4.70. The van der Waals surface area contributed by atoms with Gasteiger partial charge in [-0.1, -0.05) is 12.1 Å². The predicted octanol–water partition coefficient (Wildman–Crippen LogP) is 1.43. The zero-order valence-corrected chi connectivity index (χ0v) is 16.0. The summed E-state index contributed by atoms with van der Waals surface area (Å²) in [6.07, 6.45) is -1.30. The lowest BCUT2D eigenvalue weighted by molar-refractivity contribution is -0.114. The molecule has 4 N–H and O–H groups in total. The van der Waals surface area contributed by atoms with E-state index in [0.717, 1.165) is 11.3 Å². The van der Waals surface area contributed by atoms with E-state index in [1.807, 2.05) is 24.3 Å². The zero-order chi connectivity index (χ0) is 20.8. The standard InChI is InChI=1S/C21H24FN3O4/c1-13(26)25-17-8-2-14(3-9-17)10-23-18-12-29-19(20(18)27)11-24-21(28)15-4-6-16(22)7-5-15/h2-9,18-20,23,27H,10-12H2,1H3,(H,24,28)(H,25,26). The van der Waals surface area contributed by atoms with Crippen molar-refractivity contribution in [1.82, 2.24) is 10.6 Å². The average Bonchev–Trinajstić information content (AvgIpc) is 3.05. The lowest BCUT2D eigenvalue weighted by Gasteiger charge is -2.19. The van der Waals surface area contributed by atoms with Crippen LogP contribution in [0.3, 0.4) is 0 Å². The van der Waals surface area contributed by atoms with Crippen molar-refractivity contribution in [1.29, 1.82) is 0 Å². The molecule has 3 unspecified atom stereocenters. The van der Waals surface area contributed by atoms with E-state index in [4.69, 9.17) is 4.74 Å². The molecule has 2 amide bonds. The summed E-state index contributed by atoms with van der Waals surface area (Å²) < 4.78 is 18.5. The van der Waals surface area contributed by atoms with Gasteiger partial charge in [0.15, 0.2) is 0 Å². The van der Waals surface area contributed by atoms with E-state index in [9.17, 15) is 19.1 Å². The summed E-state index contributed by atoms with van der Waals surface area (Å²) in [6.45, 7) is 2.46. The minimum Gasteiger partial charge on any atom is -0.389 e. The van der Waals surface area contributed by atoms with Gasteiger partial charge in [0.25, 0.3) is 5.91 Å². The number of aliphatic hydroxyl groups excluding tert-OH is 1. The van der Waals surface area contributed by atoms with Crippen LogP contribution >= 0.6 is 0 Å². The number of carbonyl (C=O) groups is 2. The largest absolute Gasteiger partial charge is 0.389 e. The minimum atomic E-state index is -0.776. The van der Waals surface area contributed by atoms with Crippen LogP contribution in [0, 0.1) is 5.82 Å². The normalized spacial score (nSPS) is 21.0. The summed E-state index contributed by atoms with van der Waals surface area (Å²) in [5, 5.41) is 19.1. The Labute approximate surface area is 168 Å². The van der Waals surface area contributed by atoms with Gasteiger partial charge in [-0.3, -0.25) is 9.59 Å². The van der Waals surface area contributed by atoms with Gasteiger partial charge < -0.3 is 25.8 Å². The highest BCUT2D eigenvalue weighted by atomic mass is 19.1. The molecule has 8 heteroatoms. The van der Waals surface area contributed by atoms with Crippen molar-refractivity contribution in [3.8, 4) is 0 Å². The first-order chi connectivity index (χ1) is 13.9. The SMILES string of the molecule is CC(=O)Nc1ccc(CNC2COC(CNC(=O)c3ccc(F)cc3)C2O)cc1. The van der Waals surface area contributed by atoms with Crippen molar-refractivity contribution in [2.75, 3.05) is 18.5 Å². The number of hydrogen-bond acceptors (Lipinski definition) is 5. The monoisotopic (exact) mass is 401 g/mol. The van der Waals surface area contributed by atoms with Crippen LogP contribution in [-0.2, 0) is 16.1 Å². The molecule has 1 fully saturated rings. The number of ether oxygens (including phenoxy) is 1. The molecular weight excluding hydrogens is 377 g/mol. The van der Waals surface area contributed by atoms with Crippen LogP contribution in [0.2, 0.25) is 0 Å². The summed E-state index contributed by atoms with van der Waals surface area (Å²) >= 11 is 0. The molecule has 1 saturated heterocycles. The number of carbonyl (C=O) groups excluding carboxylic acids is 2. The van der Waals surface area contributed by atoms with Gasteiger partial charge >= 0.3 is 0 Å². The van der Waals surface area contributed by atoms with Gasteiger partial charge in [-0.2, -0.15) is 0 Å². The van der Waals surface area contributed by atoms with Crippen LogP contribution in [0.25, 0.3) is 0 Å². The Kier molecular flexibility index (Phi) is 6.92. The highest BCUT2D eigenvalue weighted by molar-refractivity contribution is 5.94. The summed E-state index contributed by atoms with van der Waals surface area (Å²) in [7, 11) is 0. The average molecular weight is 401 g/mol. The molecule has 0 aromatic heterocycles. The Bertz CT molecular complexity index is 842. The van der Waals surface area contributed by atoms with Gasteiger partial charge in [0.2, 0.25) is 5.91 Å². The molecule has 0 radical (unpaired) electrons. The molecule has 3 atom stereocenters. The van der Waals surface area contributed by atoms with Crippen molar-refractivity contribution >= 4 is 17.5 Å². The van der Waals surface area contributed by atoms with Gasteiger partial charge in [-0.15, -0.1) is 0 Å². The number of amides is 2. The Morgan fingerprint density at radius 2 is 1.83 bits per heavy atom. The molecule has 1 aliphatic rings. The molecule has 154 valence electrons. The second kappa shape index (κ2) is 9.60. The van der Waals surface area contributed by atoms with Crippen LogP contribution < -0.4 is 16.0 Å². The van der Waals surface area contributed by atoms with Gasteiger partial charge in [-0.25, -0.2) is 4.39 Å². The zero-order valence-electron chi connectivity index (χ0n) is 16.0. The van der Waals surface area contributed by atoms with Gasteiger partial charge in [0.1, 0.15) is 11.9 Å². The molecule has 1 aliphatic heterocycles. The summed E-state index contributed by atoms with van der Waals surface area (Å²) in [5.41, 5.74) is 2.07. The number of halogens is 1. The first-order valence-corrected chi connectivity index (χ1v) is 9.36. The third-order valence-electron chi connectivity index (χ3n) is 4.70. The van der Waals surface area contributed by atoms with Crippen LogP contribution in [0.15, 0.2) is 48.5 Å². The minimum absolute atomic E-state index is 0.125. The first kappa shape index (κ1) is 20.9. The molecule has 0 saturated carbocycles. The van der Waals surface area contributed by atoms with E-state index >= 15 is 0 Å². The Hall–Kier alpha value is -2.81. The van der Waals surface area contributed by atoms with Gasteiger partial charge in [0.05, 0.1) is 18.8 Å². The van der Waals surface area contributed by atoms with E-state index in [0.29, 0.717) is 18.7 Å². The van der Waals surface area contributed by atoms with Crippen molar-refractivity contribution in [3.05, 3.63) is 65.5 Å². The molecule has 2 aromatic carbocycles. The molecule has 2 aromatic rings. The summed E-state index contributed by atoms with van der Waals surface area (Å²) in [5.74, 6) is -0.883. The maximum atomic E-state index is 12.9. The second-order valence-corrected chi connectivity index (χ2v) is 6.94. The van der Waals surface area contributed by atoms with Crippen LogP contribution in [0.1, 0.15) is 22.8 Å². The maximum Gasteiger partial charge on any atom is 0.251 e. The molecular formula is C21H24FN3O4. The van der Waals surface area contributed by atoms with Gasteiger partial charge in [0, 0.05) is 31.3 Å². The quantitative estimate of drug-likeness (QED) is 0.563. The van der Waals surface area contributed by atoms with E-state index in [1.165, 1.54) is 31.2 Å². The predicted molar refractivity (Wildman–Crippen MR) is 106 cm³/mol. The number of benzene rings is 2. The van der Waals surface area contributed by atoms with Crippen molar-refractivity contribution in [3.63, 3.8) is 0 Å². The van der Waals surface area contributed by atoms with Crippen molar-refractivity contribution < 1.29 is 23.8 Å². The maximum absolute atomic E-state index is 12.9. The molecule has 3 rings (SSSR count). The van der Waals surface area contributed by atoms with Crippen molar-refractivity contribution in [2.24, 2.45) is 0 Å². The lowest BCUT2D eigenvalue weighted by Crippen LogP contribution is -2.44. The molecule has 0 bridgehead atoms. The number of hydrogen-bond donors (Lipinski definition) is 4. The molecule has 29 heavy (non-hydrogen) atoms. The second-order valence-electron chi connectivity index (χ2n) is 6.94. The molecule has 1 heterocycles. The van der Waals surface area contributed by atoms with E-state index in [2.05, 4.69) is 16.0 Å². The van der Waals surface area contributed by atoms with E-state index < -0.39 is 18.0 Å². The molecule has 7 nitrogen and oxygen atoms in total. The fourth-order valence-corrected chi connectivity index (χ4v) is 3.10. The summed E-state index contributed by atoms with van der Waals surface area (Å²) in [4.78, 5) is 23.1. The number of aliphatic hydroxyl groups is 1. The number of rotatable bonds is 7. The third kappa shape index (κ3) is 5.83. The number of anilines is 1. The highest BCUT2D eigenvalue weighted by Crippen LogP contribution is 2.16. The first-order valence-electron chi connectivity index (χ1n) is 9.36. The molecule has 0 spiro atoms. The van der Waals surface area contributed by atoms with Gasteiger partial charge in [-0.05, 0) is 42.0 Å². The van der Waals surface area contributed by atoms with E-state index in [-0.39, 0.29) is 24.4 Å². The summed E-state index contributed by atoms with van der Waals surface area (Å²) in [6, 6.07) is 12.4. The smallest absolute Gasteiger partial charge is 0.251 e. The van der Waals surface area contributed by atoms with E-state index in [1.54, 1.807) is 0 Å². The Morgan fingerprint density at radius 1 is 1.14 bits per heavy atom. The molecule has 0 aliphatic carbocycles. The van der Waals surface area contributed by atoms with Crippen LogP contribution in [0.5, 0.6) is 0 Å². The van der Waals surface area contributed by atoms with Crippen LogP contribution in [-0.4, -0.2) is 48.3 Å². The van der Waals surface area contributed by atoms with Crippen LogP contribution in [0.4, 0.5) is 10.1 Å². The van der Waals surface area contributed by atoms with Crippen molar-refractivity contribution in [2.45, 2.75) is 31.7 Å². The lowest BCUT2D eigenvalue weighted by atomic mass is 10.1. The Balaban J connectivity index is 1.44. The topological polar surface area (TPSA) is 99.7 Å². The fraction of sp³-hybridized carbons (Fsp3) is 0.333.